The van der Waals surface area contributed by atoms with Gasteiger partial charge in [-0.05, 0) is 55.2 Å². The topological polar surface area (TPSA) is 51.4 Å². The predicted octanol–water partition coefficient (Wildman–Crippen LogP) is 6.73. The average molecular weight is 555 g/mol. The molecule has 4 heterocycles. The molecule has 0 spiro atoms. The summed E-state index contributed by atoms with van der Waals surface area (Å²) in [6.07, 6.45) is 1.56. The van der Waals surface area contributed by atoms with E-state index in [-0.39, 0.29) is 29.6 Å². The van der Waals surface area contributed by atoms with Gasteiger partial charge in [0.15, 0.2) is 0 Å². The fourth-order valence-electron chi connectivity index (χ4n) is 9.10. The van der Waals surface area contributed by atoms with E-state index < -0.39 is 0 Å². The molecule has 1 N–H and O–H groups in total. The summed E-state index contributed by atoms with van der Waals surface area (Å²) < 4.78 is 11.8. The molecule has 2 bridgehead atoms. The second kappa shape index (κ2) is 8.46. The highest BCUT2D eigenvalue weighted by atomic mass is 16.5. The quantitative estimate of drug-likeness (QED) is 0.264. The number of carbonyl (C=O) groups is 1. The Morgan fingerprint density at radius 2 is 1.50 bits per heavy atom. The van der Waals surface area contributed by atoms with Gasteiger partial charge in [0, 0.05) is 71.4 Å². The van der Waals surface area contributed by atoms with Crippen molar-refractivity contribution in [3.63, 3.8) is 0 Å². The molecule has 2 aromatic heterocycles. The Balaban J connectivity index is 1.41. The molecule has 0 unspecified atom stereocenters. The number of hydrogen-bond donors (Lipinski definition) is 1. The van der Waals surface area contributed by atoms with Crippen LogP contribution in [-0.2, 0) is 23.4 Å². The second-order valence-corrected chi connectivity index (χ2v) is 12.7. The first kappa shape index (κ1) is 24.5. The summed E-state index contributed by atoms with van der Waals surface area (Å²) in [4.78, 5) is 15.9. The van der Waals surface area contributed by atoms with Crippen molar-refractivity contribution in [1.82, 2.24) is 19.4 Å². The van der Waals surface area contributed by atoms with Crippen LogP contribution in [0, 0.1) is 0 Å². The first-order valence-corrected chi connectivity index (χ1v) is 15.1. The fraction of sp³-hybridized carbons (Fsp3) is 0.306. The highest BCUT2D eigenvalue weighted by Gasteiger charge is 2.53. The number of benzene rings is 4. The molecule has 2 aliphatic heterocycles. The number of para-hydroxylation sites is 2. The maximum Gasteiger partial charge on any atom is 0.253 e. The van der Waals surface area contributed by atoms with Gasteiger partial charge in [0.05, 0.1) is 22.6 Å². The normalized spacial score (nSPS) is 24.6. The molecule has 42 heavy (non-hydrogen) atoms. The molecule has 4 aromatic carbocycles. The van der Waals surface area contributed by atoms with E-state index in [4.69, 9.17) is 4.74 Å². The molecule has 1 saturated carbocycles. The zero-order valence-corrected chi connectivity index (χ0v) is 24.2. The highest BCUT2D eigenvalue weighted by molar-refractivity contribution is 6.25. The van der Waals surface area contributed by atoms with Crippen LogP contribution in [0.2, 0.25) is 0 Å². The summed E-state index contributed by atoms with van der Waals surface area (Å²) in [6, 6.07) is 27.6. The van der Waals surface area contributed by atoms with E-state index in [0.29, 0.717) is 5.56 Å². The Morgan fingerprint density at radius 1 is 0.881 bits per heavy atom. The molecule has 6 nitrogen and oxygen atoms in total. The summed E-state index contributed by atoms with van der Waals surface area (Å²) in [6.45, 7) is 4.13. The van der Waals surface area contributed by atoms with Crippen molar-refractivity contribution in [1.29, 1.82) is 0 Å². The van der Waals surface area contributed by atoms with Crippen molar-refractivity contribution in [3.05, 3.63) is 95.6 Å². The number of rotatable bonds is 3. The molecule has 6 aromatic rings. The van der Waals surface area contributed by atoms with Gasteiger partial charge in [0.2, 0.25) is 0 Å². The van der Waals surface area contributed by atoms with Gasteiger partial charge in [-0.25, -0.2) is 0 Å². The second-order valence-electron chi connectivity index (χ2n) is 12.7. The van der Waals surface area contributed by atoms with Crippen molar-refractivity contribution in [2.45, 2.75) is 56.6 Å². The molecule has 9 rings (SSSR count). The van der Waals surface area contributed by atoms with Gasteiger partial charge in [0.1, 0.15) is 6.10 Å². The molecule has 3 aliphatic rings. The molecular weight excluding hydrogens is 520 g/mol. The largest absolute Gasteiger partial charge is 0.377 e. The summed E-state index contributed by atoms with van der Waals surface area (Å²) in [5, 5.41) is 9.09. The molecular formula is C36H34N4O2. The number of amides is 1. The number of hydrogen-bond acceptors (Lipinski definition) is 3. The van der Waals surface area contributed by atoms with E-state index in [1.54, 1.807) is 0 Å². The van der Waals surface area contributed by atoms with Crippen LogP contribution in [0.5, 0.6) is 0 Å². The van der Waals surface area contributed by atoms with E-state index in [2.05, 4.69) is 69.9 Å². The van der Waals surface area contributed by atoms with Crippen LogP contribution in [0.15, 0.2) is 78.9 Å². The zero-order chi connectivity index (χ0) is 28.3. The summed E-state index contributed by atoms with van der Waals surface area (Å²) in [7, 11) is 3.79. The van der Waals surface area contributed by atoms with E-state index in [1.165, 1.54) is 54.7 Å². The van der Waals surface area contributed by atoms with Crippen molar-refractivity contribution in [2.75, 3.05) is 14.2 Å². The van der Waals surface area contributed by atoms with Crippen molar-refractivity contribution >= 4 is 49.5 Å². The Labute approximate surface area is 244 Å². The first-order chi connectivity index (χ1) is 20.5. The Morgan fingerprint density at radius 3 is 2.21 bits per heavy atom. The number of fused-ring (bicyclic) bond motifs is 13. The summed E-state index contributed by atoms with van der Waals surface area (Å²) in [5.74, 6) is 0.0393. The minimum Gasteiger partial charge on any atom is -0.377 e. The number of nitrogens with one attached hydrogen (secondary N) is 1. The van der Waals surface area contributed by atoms with Crippen LogP contribution in [0.1, 0.15) is 47.3 Å². The van der Waals surface area contributed by atoms with Gasteiger partial charge in [0.25, 0.3) is 5.91 Å². The van der Waals surface area contributed by atoms with Gasteiger partial charge in [-0.15, -0.1) is 0 Å². The number of nitrogens with zero attached hydrogens (tertiary/aromatic N) is 3. The maximum atomic E-state index is 13.9. The number of aromatic nitrogens is 2. The van der Waals surface area contributed by atoms with Crippen molar-refractivity contribution < 1.29 is 9.53 Å². The Bertz CT molecular complexity index is 2090. The summed E-state index contributed by atoms with van der Waals surface area (Å²) >= 11 is 0. The first-order valence-electron chi connectivity index (χ1n) is 15.1. The third-order valence-corrected chi connectivity index (χ3v) is 10.7. The van der Waals surface area contributed by atoms with Gasteiger partial charge in [-0.3, -0.25) is 4.79 Å². The van der Waals surface area contributed by atoms with E-state index >= 15 is 0 Å². The fourth-order valence-corrected chi connectivity index (χ4v) is 9.10. The maximum absolute atomic E-state index is 13.9. The SMILES string of the molecule is CO[C@@H]1[C@H](N(C)C(=O)c2ccccc2)C[C@H]2C[C@]1(C)n1c3ccccc3c3c4c(c5c6ccccc6n2c5c31)CNC4. The molecule has 0 saturated heterocycles. The predicted molar refractivity (Wildman–Crippen MR) is 168 cm³/mol. The van der Waals surface area contributed by atoms with E-state index in [9.17, 15) is 4.79 Å². The van der Waals surface area contributed by atoms with Gasteiger partial charge in [-0.2, -0.15) is 0 Å². The van der Waals surface area contributed by atoms with Gasteiger partial charge >= 0.3 is 0 Å². The molecule has 0 radical (unpaired) electrons. The number of methoxy groups -OCH3 is 1. The Kier molecular flexibility index (Phi) is 4.93. The zero-order valence-electron chi connectivity index (χ0n) is 24.2. The van der Waals surface area contributed by atoms with Crippen LogP contribution in [0.25, 0.3) is 43.6 Å². The Hall–Kier alpha value is -4.13. The smallest absolute Gasteiger partial charge is 0.253 e. The third kappa shape index (κ3) is 2.89. The van der Waals surface area contributed by atoms with E-state index in [0.717, 1.165) is 25.9 Å². The van der Waals surface area contributed by atoms with Gasteiger partial charge < -0.3 is 24.1 Å². The van der Waals surface area contributed by atoms with Crippen molar-refractivity contribution in [3.8, 4) is 0 Å². The number of ether oxygens (including phenoxy) is 1. The third-order valence-electron chi connectivity index (χ3n) is 10.7. The van der Waals surface area contributed by atoms with Gasteiger partial charge in [-0.1, -0.05) is 54.6 Å². The molecule has 4 atom stereocenters. The van der Waals surface area contributed by atoms with Crippen LogP contribution in [0.4, 0.5) is 0 Å². The lowest BCUT2D eigenvalue weighted by atomic mass is 9.74. The molecule has 1 aliphatic carbocycles. The summed E-state index contributed by atoms with van der Waals surface area (Å²) in [5.41, 5.74) is 8.37. The minimum atomic E-state index is -0.387. The van der Waals surface area contributed by atoms with Crippen LogP contribution >= 0.6 is 0 Å². The molecule has 1 fully saturated rings. The van der Waals surface area contributed by atoms with Crippen LogP contribution < -0.4 is 5.32 Å². The van der Waals surface area contributed by atoms with Crippen LogP contribution in [-0.4, -0.2) is 46.2 Å². The highest BCUT2D eigenvalue weighted by Crippen LogP contribution is 2.55. The van der Waals surface area contributed by atoms with Crippen molar-refractivity contribution in [2.24, 2.45) is 0 Å². The molecule has 1 amide bonds. The minimum absolute atomic E-state index is 0.0393. The molecule has 210 valence electrons. The number of likely N-dealkylation sites (N-methyl/N-ethyl adjacent to an activating group) is 1. The lowest BCUT2D eigenvalue weighted by molar-refractivity contribution is -0.0774. The lowest BCUT2D eigenvalue weighted by Gasteiger charge is -2.51. The standard InChI is InChI=1S/C36H34N4O2/c1-36-18-22(17-29(34(36)42-3)38(2)35(41)21-11-5-4-6-12-21)39-27-15-9-7-13-23(27)30-25-19-37-20-26(25)31-24-14-8-10-16-28(24)40(36)33(31)32(30)39/h4-16,22,29,34,37H,17-20H2,1-3H3/t22-,29+,34+,36-/m0/s1. The lowest BCUT2D eigenvalue weighted by Crippen LogP contribution is -2.60. The van der Waals surface area contributed by atoms with Crippen LogP contribution in [0.3, 0.4) is 0 Å². The molecule has 6 heteroatoms. The average Bonchev–Trinajstić information content (AvgIpc) is 3.71. The monoisotopic (exact) mass is 554 g/mol. The number of carbonyl (C=O) groups excluding carboxylic acids is 1. The van der Waals surface area contributed by atoms with E-state index in [1.807, 2.05) is 49.4 Å².